The van der Waals surface area contributed by atoms with E-state index in [1.54, 1.807) is 24.5 Å². The number of thiophene rings is 1. The second kappa shape index (κ2) is 15.2. The molecule has 1 saturated carbocycles. The quantitative estimate of drug-likeness (QED) is 0.257. The molecular weight excluding hydrogens is 661 g/mol. The molecule has 2 aliphatic heterocycles. The van der Waals surface area contributed by atoms with E-state index in [2.05, 4.69) is 10.2 Å². The van der Waals surface area contributed by atoms with E-state index >= 15 is 4.39 Å². The second-order valence-corrected chi connectivity index (χ2v) is 14.2. The van der Waals surface area contributed by atoms with Gasteiger partial charge in [-0.25, -0.2) is 4.39 Å². The molecule has 3 heterocycles. The van der Waals surface area contributed by atoms with E-state index in [1.165, 1.54) is 17.4 Å². The van der Waals surface area contributed by atoms with Gasteiger partial charge in [0, 0.05) is 49.3 Å². The third kappa shape index (κ3) is 7.39. The molecule has 10 nitrogen and oxygen atoms in total. The van der Waals surface area contributed by atoms with E-state index in [4.69, 9.17) is 25.8 Å². The van der Waals surface area contributed by atoms with Crippen LogP contribution in [0.4, 0.5) is 10.1 Å². The number of carboxylic acids is 1. The van der Waals surface area contributed by atoms with E-state index in [0.717, 1.165) is 22.6 Å². The van der Waals surface area contributed by atoms with Crippen LogP contribution in [0.5, 0.6) is 0 Å². The van der Waals surface area contributed by atoms with Gasteiger partial charge in [0.15, 0.2) is 0 Å². The van der Waals surface area contributed by atoms with E-state index in [1.807, 2.05) is 24.3 Å². The molecule has 0 spiro atoms. The average Bonchev–Trinajstić information content (AvgIpc) is 3.84. The lowest BCUT2D eigenvalue weighted by Gasteiger charge is -2.40. The number of methoxy groups -OCH3 is 2. The zero-order chi connectivity index (χ0) is 33.9. The van der Waals surface area contributed by atoms with Crippen molar-refractivity contribution in [2.75, 3.05) is 39.2 Å². The Kier molecular flexibility index (Phi) is 11.0. The highest BCUT2D eigenvalue weighted by Gasteiger charge is 2.45. The van der Waals surface area contributed by atoms with Gasteiger partial charge in [-0.3, -0.25) is 19.3 Å². The maximum atomic E-state index is 15.5. The van der Waals surface area contributed by atoms with Gasteiger partial charge in [0.05, 0.1) is 53.0 Å². The van der Waals surface area contributed by atoms with Crippen LogP contribution in [0.25, 0.3) is 10.1 Å². The van der Waals surface area contributed by atoms with Crippen molar-refractivity contribution in [3.63, 3.8) is 0 Å². The first-order chi connectivity index (χ1) is 23.2. The number of carbonyl (C=O) groups is 3. The number of rotatable bonds is 11. The molecule has 1 aliphatic carbocycles. The van der Waals surface area contributed by atoms with Crippen molar-refractivity contribution in [1.82, 2.24) is 9.80 Å². The first-order valence-electron chi connectivity index (χ1n) is 16.4. The summed E-state index contributed by atoms with van der Waals surface area (Å²) >= 11 is 7.98. The Morgan fingerprint density at radius 2 is 1.77 bits per heavy atom. The highest BCUT2D eigenvalue weighted by atomic mass is 35.5. The number of halogens is 2. The molecule has 1 aromatic heterocycles. The van der Waals surface area contributed by atoms with Gasteiger partial charge in [-0.2, -0.15) is 0 Å². The Hall–Kier alpha value is -3.13. The summed E-state index contributed by atoms with van der Waals surface area (Å²) in [5, 5.41) is 14.9. The number of benzene rings is 2. The van der Waals surface area contributed by atoms with Gasteiger partial charge < -0.3 is 29.5 Å². The lowest BCUT2D eigenvalue weighted by atomic mass is 9.87. The van der Waals surface area contributed by atoms with Crippen LogP contribution in [0.2, 0.25) is 5.02 Å². The third-order valence-corrected chi connectivity index (χ3v) is 11.2. The van der Waals surface area contributed by atoms with Gasteiger partial charge in [0.2, 0.25) is 5.91 Å². The zero-order valence-corrected chi connectivity index (χ0v) is 28.6. The summed E-state index contributed by atoms with van der Waals surface area (Å²) in [6.07, 6.45) is 2.67. The maximum Gasteiger partial charge on any atom is 0.306 e. The molecule has 1 unspecified atom stereocenters. The Bertz CT molecular complexity index is 1640. The van der Waals surface area contributed by atoms with Crippen LogP contribution in [0.1, 0.15) is 54.4 Å². The minimum absolute atomic E-state index is 0.130. The van der Waals surface area contributed by atoms with Gasteiger partial charge in [-0.1, -0.05) is 29.8 Å². The summed E-state index contributed by atoms with van der Waals surface area (Å²) in [5.74, 6) is -2.42. The monoisotopic (exact) mass is 701 g/mol. The lowest BCUT2D eigenvalue weighted by molar-refractivity contribution is -0.158. The highest BCUT2D eigenvalue weighted by Crippen LogP contribution is 2.35. The number of amides is 2. The van der Waals surface area contributed by atoms with E-state index in [0.29, 0.717) is 57.3 Å². The number of nitrogens with zero attached hydrogens (tertiary/aromatic N) is 2. The molecule has 2 saturated heterocycles. The fourth-order valence-corrected chi connectivity index (χ4v) is 8.50. The van der Waals surface area contributed by atoms with Crippen LogP contribution in [0.3, 0.4) is 0 Å². The highest BCUT2D eigenvalue weighted by molar-refractivity contribution is 7.17. The van der Waals surface area contributed by atoms with Gasteiger partial charge >= 0.3 is 5.97 Å². The minimum atomic E-state index is -0.776. The standard InChI is InChI=1S/C35H41ClFN3O7S/c1-45-29-17-39(18-30(29)46-2)34(47-22-11-9-20(10-12-22)35(43)44)28-7-5-13-40(28)32(41)15-21-14-25(36)27(16-26(21)37)38-33(42)24-19-48-31-8-4-3-6-23(24)31/h3-4,6,8,14,16,19-20,22,28-30,34H,5,7,9-13,15,17-18H2,1-2H3,(H,38,42)(H,43,44)/t20?,22?,28-,29-,30+,34?/m0/s1. The maximum absolute atomic E-state index is 15.5. The van der Waals surface area contributed by atoms with Crippen molar-refractivity contribution >= 4 is 56.5 Å². The summed E-state index contributed by atoms with van der Waals surface area (Å²) in [7, 11) is 3.30. The van der Waals surface area contributed by atoms with Gasteiger partial charge in [0.1, 0.15) is 12.0 Å². The number of aliphatic carboxylic acids is 1. The van der Waals surface area contributed by atoms with Crippen molar-refractivity contribution in [3.05, 3.63) is 63.7 Å². The number of hydrogen-bond acceptors (Lipinski definition) is 8. The second-order valence-electron chi connectivity index (χ2n) is 12.8. The molecule has 2 amide bonds. The first-order valence-corrected chi connectivity index (χ1v) is 17.7. The van der Waals surface area contributed by atoms with Crippen molar-refractivity contribution in [3.8, 4) is 0 Å². The largest absolute Gasteiger partial charge is 0.481 e. The predicted octanol–water partition coefficient (Wildman–Crippen LogP) is 5.81. The number of likely N-dealkylation sites (tertiary alicyclic amines) is 2. The molecule has 48 heavy (non-hydrogen) atoms. The molecule has 2 N–H and O–H groups in total. The Morgan fingerprint density at radius 1 is 1.06 bits per heavy atom. The summed E-state index contributed by atoms with van der Waals surface area (Å²) in [6.45, 7) is 1.62. The number of ether oxygens (including phenoxy) is 3. The van der Waals surface area contributed by atoms with Crippen LogP contribution in [0.15, 0.2) is 41.8 Å². The number of carbonyl (C=O) groups excluding carboxylic acids is 2. The molecule has 2 aromatic carbocycles. The predicted molar refractivity (Wildman–Crippen MR) is 181 cm³/mol. The zero-order valence-electron chi connectivity index (χ0n) is 27.0. The van der Waals surface area contributed by atoms with Gasteiger partial charge in [-0.15, -0.1) is 11.3 Å². The molecule has 4 atom stereocenters. The van der Waals surface area contributed by atoms with Crippen LogP contribution >= 0.6 is 22.9 Å². The normalized spacial score (nSPS) is 25.4. The first kappa shape index (κ1) is 34.7. The molecule has 3 fully saturated rings. The molecule has 13 heteroatoms. The summed E-state index contributed by atoms with van der Waals surface area (Å²) in [4.78, 5) is 42.4. The Morgan fingerprint density at radius 3 is 2.46 bits per heavy atom. The van der Waals surface area contributed by atoms with Gasteiger partial charge in [-0.05, 0) is 62.3 Å². The third-order valence-electron chi connectivity index (χ3n) is 9.96. The number of anilines is 1. The van der Waals surface area contributed by atoms with Gasteiger partial charge in [0.25, 0.3) is 5.91 Å². The molecule has 258 valence electrons. The van der Waals surface area contributed by atoms with Crippen LogP contribution in [-0.4, -0.2) is 97.1 Å². The molecule has 0 bridgehead atoms. The molecule has 0 radical (unpaired) electrons. The summed E-state index contributed by atoms with van der Waals surface area (Å²) in [5.41, 5.74) is 0.745. The smallest absolute Gasteiger partial charge is 0.306 e. The fraction of sp³-hybridized carbons (Fsp3) is 0.514. The molecule has 3 aliphatic rings. The Balaban J connectivity index is 1.16. The van der Waals surface area contributed by atoms with Crippen LogP contribution < -0.4 is 5.32 Å². The minimum Gasteiger partial charge on any atom is -0.481 e. The average molecular weight is 702 g/mol. The lowest BCUT2D eigenvalue weighted by Crippen LogP contribution is -2.53. The fourth-order valence-electron chi connectivity index (χ4n) is 7.32. The summed E-state index contributed by atoms with van der Waals surface area (Å²) in [6, 6.07) is 9.82. The number of hydrogen-bond donors (Lipinski definition) is 2. The van der Waals surface area contributed by atoms with E-state index < -0.39 is 23.9 Å². The van der Waals surface area contributed by atoms with Crippen LogP contribution in [0, 0.1) is 11.7 Å². The SMILES string of the molecule is CO[C@H]1CN(C(OC2CCC(C(=O)O)CC2)[C@@H]2CCCN2C(=O)Cc2cc(Cl)c(NC(=O)c3csc4ccccc34)cc2F)C[C@H]1OC. The molecular formula is C35H41ClFN3O7S. The molecule has 3 aromatic rings. The van der Waals surface area contributed by atoms with Crippen molar-refractivity contribution in [2.24, 2.45) is 5.92 Å². The summed E-state index contributed by atoms with van der Waals surface area (Å²) < 4.78 is 34.6. The number of fused-ring (bicyclic) bond motifs is 1. The number of carboxylic acid groups (broad SMARTS) is 1. The Labute approximate surface area is 288 Å². The van der Waals surface area contributed by atoms with Crippen molar-refractivity contribution < 1.29 is 38.1 Å². The number of nitrogens with one attached hydrogen (secondary N) is 1. The van der Waals surface area contributed by atoms with E-state index in [-0.39, 0.29) is 58.9 Å². The topological polar surface area (TPSA) is 118 Å². The van der Waals surface area contributed by atoms with Crippen molar-refractivity contribution in [1.29, 1.82) is 0 Å². The van der Waals surface area contributed by atoms with E-state index in [9.17, 15) is 19.5 Å². The molecule has 6 rings (SSSR count). The van der Waals surface area contributed by atoms with Crippen LogP contribution in [-0.2, 0) is 30.2 Å². The van der Waals surface area contributed by atoms with Crippen molar-refractivity contribution in [2.45, 2.75) is 75.5 Å².